The highest BCUT2D eigenvalue weighted by Crippen LogP contribution is 2.19. The number of aromatic nitrogens is 2. The Kier molecular flexibility index (Phi) is 4.28. The van der Waals surface area contributed by atoms with Crippen LogP contribution in [0, 0.1) is 0 Å². The van der Waals surface area contributed by atoms with E-state index in [9.17, 15) is 0 Å². The SMILES string of the molecule is CCc1nsc(N(CCO)C(C)C)n1. The van der Waals surface area contributed by atoms with Crippen LogP contribution in [0.1, 0.15) is 26.6 Å². The highest BCUT2D eigenvalue weighted by atomic mass is 32.1. The van der Waals surface area contributed by atoms with Gasteiger partial charge >= 0.3 is 0 Å². The lowest BCUT2D eigenvalue weighted by atomic mass is 10.3. The molecule has 0 atom stereocenters. The van der Waals surface area contributed by atoms with Gasteiger partial charge in [0.15, 0.2) is 0 Å². The molecule has 14 heavy (non-hydrogen) atoms. The van der Waals surface area contributed by atoms with Crippen LogP contribution >= 0.6 is 11.5 Å². The zero-order valence-electron chi connectivity index (χ0n) is 8.90. The van der Waals surface area contributed by atoms with E-state index in [1.165, 1.54) is 11.5 Å². The Bertz CT molecular complexity index is 275. The third kappa shape index (κ3) is 2.65. The summed E-state index contributed by atoms with van der Waals surface area (Å²) in [4.78, 5) is 6.46. The lowest BCUT2D eigenvalue weighted by Crippen LogP contribution is -2.33. The van der Waals surface area contributed by atoms with E-state index < -0.39 is 0 Å². The first kappa shape index (κ1) is 11.4. The van der Waals surface area contributed by atoms with E-state index in [1.807, 2.05) is 6.92 Å². The Morgan fingerprint density at radius 3 is 2.64 bits per heavy atom. The van der Waals surface area contributed by atoms with Gasteiger partial charge in [0.05, 0.1) is 6.61 Å². The van der Waals surface area contributed by atoms with Gasteiger partial charge in [-0.05, 0) is 13.8 Å². The number of anilines is 1. The molecule has 1 aromatic heterocycles. The Hall–Kier alpha value is -0.680. The first-order valence-electron chi connectivity index (χ1n) is 4.89. The van der Waals surface area contributed by atoms with Gasteiger partial charge in [-0.25, -0.2) is 4.98 Å². The molecule has 0 spiro atoms. The quantitative estimate of drug-likeness (QED) is 0.804. The van der Waals surface area contributed by atoms with E-state index in [4.69, 9.17) is 5.11 Å². The van der Waals surface area contributed by atoms with Crippen molar-refractivity contribution in [1.82, 2.24) is 9.36 Å². The van der Waals surface area contributed by atoms with E-state index in [1.54, 1.807) is 0 Å². The van der Waals surface area contributed by atoms with Crippen molar-refractivity contribution in [3.63, 3.8) is 0 Å². The third-order valence-electron chi connectivity index (χ3n) is 1.98. The van der Waals surface area contributed by atoms with Crippen molar-refractivity contribution in [1.29, 1.82) is 0 Å². The second kappa shape index (κ2) is 5.26. The van der Waals surface area contributed by atoms with Gasteiger partial charge in [-0.15, -0.1) is 0 Å². The van der Waals surface area contributed by atoms with Crippen LogP contribution in [0.2, 0.25) is 0 Å². The molecule has 5 heteroatoms. The highest BCUT2D eigenvalue weighted by molar-refractivity contribution is 7.09. The van der Waals surface area contributed by atoms with E-state index >= 15 is 0 Å². The van der Waals surface area contributed by atoms with Gasteiger partial charge in [0, 0.05) is 30.5 Å². The normalized spacial score (nSPS) is 10.9. The van der Waals surface area contributed by atoms with Crippen molar-refractivity contribution in [2.75, 3.05) is 18.1 Å². The number of rotatable bonds is 5. The molecule has 1 aromatic rings. The van der Waals surface area contributed by atoms with Crippen LogP contribution in [0.15, 0.2) is 0 Å². The molecule has 1 rings (SSSR count). The van der Waals surface area contributed by atoms with Crippen molar-refractivity contribution in [2.24, 2.45) is 0 Å². The second-order valence-corrected chi connectivity index (χ2v) is 4.09. The molecule has 1 heterocycles. The first-order valence-corrected chi connectivity index (χ1v) is 5.66. The zero-order valence-corrected chi connectivity index (χ0v) is 9.71. The van der Waals surface area contributed by atoms with Crippen LogP contribution in [0.25, 0.3) is 0 Å². The molecule has 0 aliphatic heterocycles. The van der Waals surface area contributed by atoms with Gasteiger partial charge in [0.1, 0.15) is 5.82 Å². The third-order valence-corrected chi connectivity index (χ3v) is 2.77. The van der Waals surface area contributed by atoms with E-state index in [2.05, 4.69) is 28.1 Å². The van der Waals surface area contributed by atoms with Crippen molar-refractivity contribution < 1.29 is 5.11 Å². The first-order chi connectivity index (χ1) is 6.69. The molecule has 0 aliphatic carbocycles. The molecule has 0 saturated carbocycles. The summed E-state index contributed by atoms with van der Waals surface area (Å²) in [6, 6.07) is 0.347. The predicted molar refractivity (Wildman–Crippen MR) is 58.9 cm³/mol. The fourth-order valence-electron chi connectivity index (χ4n) is 1.19. The standard InChI is InChI=1S/C9H17N3OS/c1-4-8-10-9(14-11-8)12(5-6-13)7(2)3/h7,13H,4-6H2,1-3H3. The topological polar surface area (TPSA) is 49.2 Å². The largest absolute Gasteiger partial charge is 0.395 e. The van der Waals surface area contributed by atoms with Crippen LogP contribution in [0.3, 0.4) is 0 Å². The Morgan fingerprint density at radius 1 is 1.50 bits per heavy atom. The molecule has 0 saturated heterocycles. The number of aliphatic hydroxyl groups is 1. The number of nitrogens with zero attached hydrogens (tertiary/aromatic N) is 3. The number of aliphatic hydroxyl groups excluding tert-OH is 1. The fraction of sp³-hybridized carbons (Fsp3) is 0.778. The molecule has 1 N–H and O–H groups in total. The van der Waals surface area contributed by atoms with Gasteiger partial charge < -0.3 is 10.0 Å². The van der Waals surface area contributed by atoms with Gasteiger partial charge in [0.25, 0.3) is 0 Å². The maximum Gasteiger partial charge on any atom is 0.205 e. The number of aryl methyl sites for hydroxylation is 1. The summed E-state index contributed by atoms with van der Waals surface area (Å²) in [6.45, 7) is 6.98. The zero-order chi connectivity index (χ0) is 10.6. The molecule has 0 fully saturated rings. The minimum atomic E-state index is 0.152. The van der Waals surface area contributed by atoms with Gasteiger partial charge in [-0.1, -0.05) is 6.92 Å². The van der Waals surface area contributed by atoms with E-state index in [0.717, 1.165) is 17.4 Å². The summed E-state index contributed by atoms with van der Waals surface area (Å²) in [6.07, 6.45) is 0.863. The molecular formula is C9H17N3OS. The van der Waals surface area contributed by atoms with E-state index in [0.29, 0.717) is 12.6 Å². The summed E-state index contributed by atoms with van der Waals surface area (Å²) in [5.41, 5.74) is 0. The van der Waals surface area contributed by atoms with Crippen LogP contribution in [-0.2, 0) is 6.42 Å². The van der Waals surface area contributed by atoms with E-state index in [-0.39, 0.29) is 6.61 Å². The second-order valence-electron chi connectivity index (χ2n) is 3.36. The predicted octanol–water partition coefficient (Wildman–Crippen LogP) is 1.31. The minimum absolute atomic E-state index is 0.152. The van der Waals surface area contributed by atoms with Gasteiger partial charge in [-0.3, -0.25) is 0 Å². The van der Waals surface area contributed by atoms with Crippen molar-refractivity contribution in [3.05, 3.63) is 5.82 Å². The summed E-state index contributed by atoms with van der Waals surface area (Å²) in [5.74, 6) is 0.883. The molecule has 0 radical (unpaired) electrons. The Morgan fingerprint density at radius 2 is 2.21 bits per heavy atom. The maximum absolute atomic E-state index is 8.93. The maximum atomic E-state index is 8.93. The van der Waals surface area contributed by atoms with Crippen LogP contribution in [0.4, 0.5) is 5.13 Å². The average molecular weight is 215 g/mol. The van der Waals surface area contributed by atoms with Crippen LogP contribution in [0.5, 0.6) is 0 Å². The Balaban J connectivity index is 2.76. The number of hydrogen-bond donors (Lipinski definition) is 1. The van der Waals surface area contributed by atoms with Crippen LogP contribution in [-0.4, -0.2) is 33.7 Å². The minimum Gasteiger partial charge on any atom is -0.395 e. The number of hydrogen-bond acceptors (Lipinski definition) is 5. The van der Waals surface area contributed by atoms with Gasteiger partial charge in [-0.2, -0.15) is 4.37 Å². The van der Waals surface area contributed by atoms with Crippen LogP contribution < -0.4 is 4.90 Å². The smallest absolute Gasteiger partial charge is 0.205 e. The van der Waals surface area contributed by atoms with Crippen molar-refractivity contribution in [2.45, 2.75) is 33.2 Å². The Labute approximate surface area is 88.8 Å². The summed E-state index contributed by atoms with van der Waals surface area (Å²) >= 11 is 1.40. The molecule has 0 aromatic carbocycles. The average Bonchev–Trinajstić information content (AvgIpc) is 2.61. The summed E-state index contributed by atoms with van der Waals surface area (Å²) in [5, 5.41) is 9.83. The fourth-order valence-corrected chi connectivity index (χ4v) is 2.10. The molecule has 0 amide bonds. The molecule has 4 nitrogen and oxygen atoms in total. The molecule has 80 valence electrons. The molecule has 0 unspecified atom stereocenters. The lowest BCUT2D eigenvalue weighted by Gasteiger charge is -2.24. The van der Waals surface area contributed by atoms with Crippen molar-refractivity contribution >= 4 is 16.7 Å². The highest BCUT2D eigenvalue weighted by Gasteiger charge is 2.14. The van der Waals surface area contributed by atoms with Crippen molar-refractivity contribution in [3.8, 4) is 0 Å². The molecule has 0 bridgehead atoms. The lowest BCUT2D eigenvalue weighted by molar-refractivity contribution is 0.299. The van der Waals surface area contributed by atoms with Gasteiger partial charge in [0.2, 0.25) is 5.13 Å². The summed E-state index contributed by atoms with van der Waals surface area (Å²) < 4.78 is 4.23. The summed E-state index contributed by atoms with van der Waals surface area (Å²) in [7, 11) is 0. The molecular weight excluding hydrogens is 198 g/mol. The molecule has 0 aliphatic rings. The monoisotopic (exact) mass is 215 g/mol.